The number of nitrogens with zero attached hydrogens (tertiary/aromatic N) is 1. The van der Waals surface area contributed by atoms with Crippen LogP contribution in [0.4, 0.5) is 13.2 Å². The van der Waals surface area contributed by atoms with E-state index in [2.05, 4.69) is 4.98 Å². The highest BCUT2D eigenvalue weighted by atomic mass is 19.4. The van der Waals surface area contributed by atoms with Crippen molar-refractivity contribution in [3.63, 3.8) is 0 Å². The van der Waals surface area contributed by atoms with E-state index in [1.54, 1.807) is 36.4 Å². The number of carbonyl (C=O) groups is 1. The van der Waals surface area contributed by atoms with Crippen LogP contribution in [0.5, 0.6) is 0 Å². The summed E-state index contributed by atoms with van der Waals surface area (Å²) in [5, 5.41) is 0.789. The fourth-order valence-corrected chi connectivity index (χ4v) is 3.07. The molecule has 0 spiro atoms. The number of rotatable bonds is 3. The fourth-order valence-electron chi connectivity index (χ4n) is 3.07. The third kappa shape index (κ3) is 3.39. The smallest absolute Gasteiger partial charge is 0.289 e. The van der Waals surface area contributed by atoms with E-state index in [4.69, 9.17) is 0 Å². The van der Waals surface area contributed by atoms with E-state index in [0.29, 0.717) is 27.9 Å². The molecule has 0 saturated heterocycles. The lowest BCUT2D eigenvalue weighted by atomic mass is 9.96. The Morgan fingerprint density at radius 2 is 1.43 bits per heavy atom. The predicted octanol–water partition coefficient (Wildman–Crippen LogP) is 6.15. The molecule has 0 bridgehead atoms. The Balaban J connectivity index is 1.90. The average Bonchev–Trinajstić information content (AvgIpc) is 2.72. The van der Waals surface area contributed by atoms with Crippen LogP contribution in [0, 0.1) is 0 Å². The molecule has 1 heterocycles. The van der Waals surface area contributed by atoms with Gasteiger partial charge in [-0.3, -0.25) is 4.79 Å². The summed E-state index contributed by atoms with van der Waals surface area (Å²) in [6, 6.07) is 22.5. The summed E-state index contributed by atoms with van der Waals surface area (Å²) < 4.78 is 38.7. The number of ketones is 1. The largest absolute Gasteiger partial charge is 0.416 e. The molecular weight excluding hydrogens is 363 g/mol. The molecule has 0 radical (unpaired) electrons. The van der Waals surface area contributed by atoms with Crippen LogP contribution in [0.2, 0.25) is 0 Å². The Hall–Kier alpha value is -3.47. The summed E-state index contributed by atoms with van der Waals surface area (Å²) in [6.45, 7) is 0. The van der Waals surface area contributed by atoms with Crippen molar-refractivity contribution in [2.45, 2.75) is 6.18 Å². The molecule has 0 N–H and O–H groups in total. The van der Waals surface area contributed by atoms with Gasteiger partial charge < -0.3 is 0 Å². The molecule has 4 rings (SSSR count). The van der Waals surface area contributed by atoms with E-state index in [-0.39, 0.29) is 5.78 Å². The van der Waals surface area contributed by atoms with Crippen molar-refractivity contribution < 1.29 is 18.0 Å². The maximum Gasteiger partial charge on any atom is 0.416 e. The Kier molecular flexibility index (Phi) is 4.43. The zero-order valence-electron chi connectivity index (χ0n) is 14.6. The number of fused-ring (bicyclic) bond motifs is 1. The number of hydrogen-bond acceptors (Lipinski definition) is 2. The summed E-state index contributed by atoms with van der Waals surface area (Å²) in [5.41, 5.74) is 1.59. The second-order valence-electron chi connectivity index (χ2n) is 6.35. The minimum atomic E-state index is -4.42. The molecule has 138 valence electrons. The molecule has 28 heavy (non-hydrogen) atoms. The highest BCUT2D eigenvalue weighted by Gasteiger charge is 2.30. The summed E-state index contributed by atoms with van der Waals surface area (Å²) in [5.74, 6) is -0.228. The number of pyridine rings is 1. The number of carbonyl (C=O) groups excluding carboxylic acids is 1. The minimum absolute atomic E-state index is 0.228. The molecule has 1 aromatic heterocycles. The van der Waals surface area contributed by atoms with Crippen LogP contribution >= 0.6 is 0 Å². The molecule has 0 saturated carbocycles. The van der Waals surface area contributed by atoms with E-state index in [9.17, 15) is 18.0 Å². The number of alkyl halides is 3. The van der Waals surface area contributed by atoms with Gasteiger partial charge in [0.05, 0.1) is 16.8 Å². The second kappa shape index (κ2) is 6.93. The van der Waals surface area contributed by atoms with Crippen molar-refractivity contribution >= 4 is 16.7 Å². The fraction of sp³-hybridized carbons (Fsp3) is 0.0435. The third-order valence-electron chi connectivity index (χ3n) is 4.49. The molecule has 3 aromatic carbocycles. The maximum atomic E-state index is 13.1. The molecule has 0 amide bonds. The van der Waals surface area contributed by atoms with Crippen LogP contribution < -0.4 is 0 Å². The van der Waals surface area contributed by atoms with Crippen LogP contribution in [0.25, 0.3) is 22.2 Å². The van der Waals surface area contributed by atoms with Crippen molar-refractivity contribution in [2.75, 3.05) is 0 Å². The van der Waals surface area contributed by atoms with Gasteiger partial charge in [0.1, 0.15) is 0 Å². The summed E-state index contributed by atoms with van der Waals surface area (Å²) in [4.78, 5) is 17.7. The van der Waals surface area contributed by atoms with Crippen LogP contribution in [-0.4, -0.2) is 10.8 Å². The highest BCUT2D eigenvalue weighted by molar-refractivity contribution is 6.13. The first-order valence-corrected chi connectivity index (χ1v) is 8.61. The molecular formula is C23H14F3NO. The molecule has 4 aromatic rings. The van der Waals surface area contributed by atoms with Crippen LogP contribution in [0.15, 0.2) is 84.9 Å². The molecule has 0 aliphatic carbocycles. The molecule has 5 heteroatoms. The van der Waals surface area contributed by atoms with Gasteiger partial charge in [0.2, 0.25) is 0 Å². The molecule has 2 nitrogen and oxygen atoms in total. The molecule has 0 aliphatic heterocycles. The van der Waals surface area contributed by atoms with Crippen molar-refractivity contribution in [2.24, 2.45) is 0 Å². The topological polar surface area (TPSA) is 30.0 Å². The van der Waals surface area contributed by atoms with Gasteiger partial charge in [0.25, 0.3) is 0 Å². The normalized spacial score (nSPS) is 11.5. The summed E-state index contributed by atoms with van der Waals surface area (Å²) >= 11 is 0. The minimum Gasteiger partial charge on any atom is -0.289 e. The van der Waals surface area contributed by atoms with Crippen molar-refractivity contribution in [1.82, 2.24) is 4.98 Å². The third-order valence-corrected chi connectivity index (χ3v) is 4.49. The molecule has 0 fully saturated rings. The summed E-state index contributed by atoms with van der Waals surface area (Å²) in [6.07, 6.45) is -4.42. The van der Waals surface area contributed by atoms with Gasteiger partial charge in [0, 0.05) is 22.1 Å². The summed E-state index contributed by atoms with van der Waals surface area (Å²) in [7, 11) is 0. The van der Waals surface area contributed by atoms with Crippen molar-refractivity contribution in [3.05, 3.63) is 102 Å². The van der Waals surface area contributed by atoms with Gasteiger partial charge in [-0.2, -0.15) is 13.2 Å². The lowest BCUT2D eigenvalue weighted by molar-refractivity contribution is -0.137. The van der Waals surface area contributed by atoms with Gasteiger partial charge >= 0.3 is 6.18 Å². The standard InChI is InChI=1S/C23H14F3NO/c24-23(25,26)18-12-10-15(11-13-18)21-19(22(28)16-6-2-1-3-7-16)14-17-8-4-5-9-20(17)27-21/h1-14H. The van der Waals surface area contributed by atoms with Crippen molar-refractivity contribution in [3.8, 4) is 11.3 Å². The van der Waals surface area contributed by atoms with Gasteiger partial charge in [-0.1, -0.05) is 60.7 Å². The SMILES string of the molecule is O=C(c1ccccc1)c1cc2ccccc2nc1-c1ccc(C(F)(F)F)cc1. The first-order chi connectivity index (χ1) is 13.4. The van der Waals surface area contributed by atoms with Gasteiger partial charge in [-0.05, 0) is 24.3 Å². The second-order valence-corrected chi connectivity index (χ2v) is 6.35. The monoisotopic (exact) mass is 377 g/mol. The Labute approximate surface area is 159 Å². The predicted molar refractivity (Wildman–Crippen MR) is 102 cm³/mol. The van der Waals surface area contributed by atoms with Gasteiger partial charge in [0.15, 0.2) is 5.78 Å². The Morgan fingerprint density at radius 1 is 0.786 bits per heavy atom. The molecule has 0 atom stereocenters. The van der Waals surface area contributed by atoms with Crippen LogP contribution in [0.3, 0.4) is 0 Å². The maximum absolute atomic E-state index is 13.1. The van der Waals surface area contributed by atoms with E-state index in [1.165, 1.54) is 12.1 Å². The van der Waals surface area contributed by atoms with Gasteiger partial charge in [-0.15, -0.1) is 0 Å². The number of aromatic nitrogens is 1. The average molecular weight is 377 g/mol. The number of halogens is 3. The first kappa shape index (κ1) is 17.9. The van der Waals surface area contributed by atoms with Crippen LogP contribution in [-0.2, 0) is 6.18 Å². The highest BCUT2D eigenvalue weighted by Crippen LogP contribution is 2.32. The van der Waals surface area contributed by atoms with E-state index < -0.39 is 11.7 Å². The zero-order valence-corrected chi connectivity index (χ0v) is 14.6. The van der Waals surface area contributed by atoms with E-state index in [1.807, 2.05) is 24.3 Å². The zero-order chi connectivity index (χ0) is 19.7. The van der Waals surface area contributed by atoms with Crippen LogP contribution in [0.1, 0.15) is 21.5 Å². The molecule has 0 aliphatic rings. The quantitative estimate of drug-likeness (QED) is 0.401. The van der Waals surface area contributed by atoms with Gasteiger partial charge in [-0.25, -0.2) is 4.98 Å². The lowest BCUT2D eigenvalue weighted by Gasteiger charge is -2.12. The number of benzene rings is 3. The number of hydrogen-bond donors (Lipinski definition) is 0. The van der Waals surface area contributed by atoms with Crippen molar-refractivity contribution in [1.29, 1.82) is 0 Å². The van der Waals surface area contributed by atoms with E-state index in [0.717, 1.165) is 17.5 Å². The number of para-hydroxylation sites is 1. The lowest BCUT2D eigenvalue weighted by Crippen LogP contribution is -2.06. The first-order valence-electron chi connectivity index (χ1n) is 8.61. The molecule has 0 unspecified atom stereocenters. The Morgan fingerprint density at radius 3 is 2.11 bits per heavy atom. The van der Waals surface area contributed by atoms with E-state index >= 15 is 0 Å². The Bertz CT molecular complexity index is 1150.